The third-order valence-corrected chi connectivity index (χ3v) is 3.19. The van der Waals surface area contributed by atoms with Crippen molar-refractivity contribution in [3.63, 3.8) is 0 Å². The highest BCUT2D eigenvalue weighted by atomic mass is 16.1. The van der Waals surface area contributed by atoms with E-state index >= 15 is 0 Å². The molecule has 0 bridgehead atoms. The van der Waals surface area contributed by atoms with Crippen molar-refractivity contribution in [2.45, 2.75) is 46.6 Å². The van der Waals surface area contributed by atoms with Crippen LogP contribution < -0.4 is 5.56 Å². The number of aromatic nitrogens is 4. The molecule has 2 aromatic rings. The van der Waals surface area contributed by atoms with E-state index in [0.717, 1.165) is 17.0 Å². The zero-order valence-electron chi connectivity index (χ0n) is 12.1. The Morgan fingerprint density at radius 2 is 1.95 bits per heavy atom. The summed E-state index contributed by atoms with van der Waals surface area (Å²) in [7, 11) is 0. The number of nitrogens with zero attached hydrogens (tertiary/aromatic N) is 3. The summed E-state index contributed by atoms with van der Waals surface area (Å²) >= 11 is 0. The van der Waals surface area contributed by atoms with Gasteiger partial charge in [0.15, 0.2) is 5.82 Å². The summed E-state index contributed by atoms with van der Waals surface area (Å²) in [5, 5.41) is 0. The Kier molecular flexibility index (Phi) is 3.55. The number of hydrogen-bond acceptors (Lipinski definition) is 3. The Bertz CT molecular complexity index is 637. The van der Waals surface area contributed by atoms with Gasteiger partial charge in [-0.3, -0.25) is 4.79 Å². The van der Waals surface area contributed by atoms with Crippen molar-refractivity contribution in [2.24, 2.45) is 0 Å². The first-order chi connectivity index (χ1) is 8.91. The molecule has 5 nitrogen and oxygen atoms in total. The van der Waals surface area contributed by atoms with Crippen LogP contribution in [0.1, 0.15) is 50.9 Å². The quantitative estimate of drug-likeness (QED) is 0.922. The molecule has 5 heteroatoms. The summed E-state index contributed by atoms with van der Waals surface area (Å²) in [6, 6.07) is 0.271. The summed E-state index contributed by atoms with van der Waals surface area (Å²) in [5.41, 5.74) is 2.31. The maximum Gasteiger partial charge on any atom is 0.254 e. The first kappa shape index (κ1) is 13.5. The first-order valence-corrected chi connectivity index (χ1v) is 6.54. The van der Waals surface area contributed by atoms with Gasteiger partial charge in [0.2, 0.25) is 0 Å². The fourth-order valence-corrected chi connectivity index (χ4v) is 2.30. The molecule has 0 saturated heterocycles. The second-order valence-electron chi connectivity index (χ2n) is 5.35. The maximum absolute atomic E-state index is 12.2. The summed E-state index contributed by atoms with van der Waals surface area (Å²) in [6.07, 6.45) is 3.48. The van der Waals surface area contributed by atoms with Crippen molar-refractivity contribution in [1.82, 2.24) is 19.5 Å². The third kappa shape index (κ3) is 2.45. The number of aromatic amines is 1. The fourth-order valence-electron chi connectivity index (χ4n) is 2.30. The molecule has 0 aliphatic carbocycles. The number of imidazole rings is 1. The standard InChI is InChI=1S/C14H20N4O/c1-8(2)12-10(5)16-13(17-14(12)19)11-6-15-7-18(11)9(3)4/h6-9H,1-5H3,(H,16,17,19). The molecule has 0 unspecified atom stereocenters. The van der Waals surface area contributed by atoms with Gasteiger partial charge in [-0.2, -0.15) is 0 Å². The van der Waals surface area contributed by atoms with Gasteiger partial charge in [-0.1, -0.05) is 13.8 Å². The van der Waals surface area contributed by atoms with Crippen LogP contribution in [-0.4, -0.2) is 19.5 Å². The van der Waals surface area contributed by atoms with Crippen LogP contribution in [0.3, 0.4) is 0 Å². The molecule has 0 aromatic carbocycles. The van der Waals surface area contributed by atoms with Gasteiger partial charge < -0.3 is 9.55 Å². The summed E-state index contributed by atoms with van der Waals surface area (Å²) in [5.74, 6) is 0.749. The lowest BCUT2D eigenvalue weighted by molar-refractivity contribution is 0.602. The largest absolute Gasteiger partial charge is 0.326 e. The van der Waals surface area contributed by atoms with Crippen LogP contribution in [0.25, 0.3) is 11.5 Å². The molecule has 0 aliphatic rings. The van der Waals surface area contributed by atoms with E-state index in [1.807, 2.05) is 25.3 Å². The number of H-pyrrole nitrogens is 1. The van der Waals surface area contributed by atoms with Crippen LogP contribution >= 0.6 is 0 Å². The number of nitrogens with one attached hydrogen (secondary N) is 1. The van der Waals surface area contributed by atoms with Crippen molar-refractivity contribution in [2.75, 3.05) is 0 Å². The second-order valence-corrected chi connectivity index (χ2v) is 5.35. The Morgan fingerprint density at radius 1 is 1.26 bits per heavy atom. The van der Waals surface area contributed by atoms with E-state index in [2.05, 4.69) is 28.8 Å². The van der Waals surface area contributed by atoms with E-state index in [-0.39, 0.29) is 17.5 Å². The van der Waals surface area contributed by atoms with Gasteiger partial charge >= 0.3 is 0 Å². The predicted octanol–water partition coefficient (Wildman–Crippen LogP) is 2.65. The van der Waals surface area contributed by atoms with Crippen molar-refractivity contribution in [3.05, 3.63) is 34.1 Å². The molecule has 2 rings (SSSR count). The van der Waals surface area contributed by atoms with Crippen LogP contribution in [0, 0.1) is 6.92 Å². The van der Waals surface area contributed by atoms with E-state index in [9.17, 15) is 4.79 Å². The molecule has 0 saturated carbocycles. The van der Waals surface area contributed by atoms with Gasteiger partial charge in [-0.15, -0.1) is 0 Å². The molecule has 2 heterocycles. The number of aryl methyl sites for hydroxylation is 1. The first-order valence-electron chi connectivity index (χ1n) is 6.54. The highest BCUT2D eigenvalue weighted by Gasteiger charge is 2.15. The van der Waals surface area contributed by atoms with Gasteiger partial charge in [0.25, 0.3) is 5.56 Å². The van der Waals surface area contributed by atoms with Crippen molar-refractivity contribution < 1.29 is 0 Å². The summed E-state index contributed by atoms with van der Waals surface area (Å²) in [6.45, 7) is 10.0. The second kappa shape index (κ2) is 4.99. The molecular formula is C14H20N4O. The zero-order valence-corrected chi connectivity index (χ0v) is 12.1. The minimum absolute atomic E-state index is 0.0611. The number of hydrogen-bond donors (Lipinski definition) is 1. The molecule has 0 radical (unpaired) electrons. The zero-order chi connectivity index (χ0) is 14.2. The highest BCUT2D eigenvalue weighted by Crippen LogP contribution is 2.20. The van der Waals surface area contributed by atoms with Crippen molar-refractivity contribution >= 4 is 0 Å². The van der Waals surface area contributed by atoms with Crippen LogP contribution in [-0.2, 0) is 0 Å². The van der Waals surface area contributed by atoms with Crippen LogP contribution in [0.5, 0.6) is 0 Å². The summed E-state index contributed by atoms with van der Waals surface area (Å²) < 4.78 is 1.99. The maximum atomic E-state index is 12.2. The van der Waals surface area contributed by atoms with Crippen LogP contribution in [0.15, 0.2) is 17.3 Å². The predicted molar refractivity (Wildman–Crippen MR) is 75.3 cm³/mol. The molecule has 0 aliphatic heterocycles. The monoisotopic (exact) mass is 260 g/mol. The lowest BCUT2D eigenvalue weighted by Crippen LogP contribution is -2.19. The normalized spacial score (nSPS) is 11.5. The van der Waals surface area contributed by atoms with Crippen molar-refractivity contribution in [1.29, 1.82) is 0 Å². The fraction of sp³-hybridized carbons (Fsp3) is 0.500. The molecule has 0 fully saturated rings. The Morgan fingerprint density at radius 3 is 2.47 bits per heavy atom. The van der Waals surface area contributed by atoms with Gasteiger partial charge in [0.05, 0.1) is 12.5 Å². The van der Waals surface area contributed by atoms with E-state index in [1.54, 1.807) is 12.5 Å². The molecule has 0 amide bonds. The lowest BCUT2D eigenvalue weighted by atomic mass is 10.0. The SMILES string of the molecule is Cc1nc(-c2cncn2C(C)C)[nH]c(=O)c1C(C)C. The van der Waals surface area contributed by atoms with E-state index in [0.29, 0.717) is 5.82 Å². The third-order valence-electron chi connectivity index (χ3n) is 3.19. The van der Waals surface area contributed by atoms with Gasteiger partial charge in [0, 0.05) is 17.3 Å². The Hall–Kier alpha value is -1.91. The smallest absolute Gasteiger partial charge is 0.254 e. The molecule has 2 aromatic heterocycles. The van der Waals surface area contributed by atoms with E-state index in [4.69, 9.17) is 0 Å². The highest BCUT2D eigenvalue weighted by molar-refractivity contribution is 5.49. The van der Waals surface area contributed by atoms with Gasteiger partial charge in [0.1, 0.15) is 5.69 Å². The van der Waals surface area contributed by atoms with E-state index < -0.39 is 0 Å². The lowest BCUT2D eigenvalue weighted by Gasteiger charge is -2.13. The van der Waals surface area contributed by atoms with E-state index in [1.165, 1.54) is 0 Å². The average molecular weight is 260 g/mol. The Labute approximate surface area is 112 Å². The molecule has 0 spiro atoms. The molecule has 102 valence electrons. The molecular weight excluding hydrogens is 240 g/mol. The van der Waals surface area contributed by atoms with Crippen LogP contribution in [0.4, 0.5) is 0 Å². The van der Waals surface area contributed by atoms with Gasteiger partial charge in [-0.05, 0) is 26.7 Å². The minimum atomic E-state index is -0.0611. The topological polar surface area (TPSA) is 63.6 Å². The van der Waals surface area contributed by atoms with Crippen LogP contribution in [0.2, 0.25) is 0 Å². The minimum Gasteiger partial charge on any atom is -0.326 e. The number of rotatable bonds is 3. The molecule has 19 heavy (non-hydrogen) atoms. The average Bonchev–Trinajstić information content (AvgIpc) is 2.75. The van der Waals surface area contributed by atoms with Gasteiger partial charge in [-0.25, -0.2) is 9.97 Å². The summed E-state index contributed by atoms with van der Waals surface area (Å²) in [4.78, 5) is 23.7. The molecule has 1 N–H and O–H groups in total. The Balaban J connectivity index is 2.59. The molecule has 0 atom stereocenters. The van der Waals surface area contributed by atoms with Crippen molar-refractivity contribution in [3.8, 4) is 11.5 Å².